The summed E-state index contributed by atoms with van der Waals surface area (Å²) in [6, 6.07) is 2.65. The molecule has 0 unspecified atom stereocenters. The zero-order valence-corrected chi connectivity index (χ0v) is 10.7. The Morgan fingerprint density at radius 2 is 2.19 bits per heavy atom. The second kappa shape index (κ2) is 7.47. The van der Waals surface area contributed by atoms with Crippen LogP contribution in [0, 0.1) is 0 Å². The largest absolute Gasteiger partial charge is 0.472 e. The third kappa shape index (κ3) is 5.33. The lowest BCUT2D eigenvalue weighted by Gasteiger charge is -2.20. The number of rotatable bonds is 8. The third-order valence-corrected chi connectivity index (χ3v) is 2.91. The van der Waals surface area contributed by atoms with Gasteiger partial charge in [0.25, 0.3) is 0 Å². The minimum absolute atomic E-state index is 0.652. The normalized spacial score (nSPS) is 11.6. The van der Waals surface area contributed by atoms with Crippen LogP contribution in [0.2, 0.25) is 0 Å². The third-order valence-electron chi connectivity index (χ3n) is 2.91. The van der Waals surface area contributed by atoms with Crippen LogP contribution in [-0.2, 0) is 6.54 Å². The van der Waals surface area contributed by atoms with E-state index >= 15 is 0 Å². The minimum atomic E-state index is 0.652. The summed E-state index contributed by atoms with van der Waals surface area (Å²) in [6.07, 6.45) is 6.00. The second-order valence-corrected chi connectivity index (χ2v) is 4.59. The first kappa shape index (κ1) is 13.3. The topological polar surface area (TPSA) is 28.4 Å². The van der Waals surface area contributed by atoms with Crippen molar-refractivity contribution in [2.45, 2.75) is 39.3 Å². The molecule has 1 aromatic heterocycles. The number of unbranched alkanes of at least 4 members (excludes halogenated alkanes) is 1. The number of nitrogens with one attached hydrogen (secondary N) is 1. The monoisotopic (exact) mass is 224 g/mol. The van der Waals surface area contributed by atoms with Crippen molar-refractivity contribution in [2.24, 2.45) is 0 Å². The highest BCUT2D eigenvalue weighted by atomic mass is 16.3. The molecule has 0 saturated carbocycles. The summed E-state index contributed by atoms with van der Waals surface area (Å²) in [6.45, 7) is 7.65. The van der Waals surface area contributed by atoms with Crippen molar-refractivity contribution in [3.8, 4) is 0 Å². The smallest absolute Gasteiger partial charge is 0.0947 e. The Balaban J connectivity index is 1.92. The van der Waals surface area contributed by atoms with Gasteiger partial charge in [0.05, 0.1) is 12.5 Å². The SMILES string of the molecule is CC(C)N(C)CCCCNCc1ccoc1. The predicted molar refractivity (Wildman–Crippen MR) is 67.4 cm³/mol. The average molecular weight is 224 g/mol. The molecule has 0 amide bonds. The van der Waals surface area contributed by atoms with Gasteiger partial charge in [-0.3, -0.25) is 0 Å². The maximum atomic E-state index is 5.00. The summed E-state index contributed by atoms with van der Waals surface area (Å²) in [5, 5.41) is 3.41. The summed E-state index contributed by atoms with van der Waals surface area (Å²) in [4.78, 5) is 2.38. The molecule has 0 aliphatic rings. The van der Waals surface area contributed by atoms with Crippen molar-refractivity contribution in [1.29, 1.82) is 0 Å². The van der Waals surface area contributed by atoms with E-state index in [1.807, 2.05) is 6.07 Å². The van der Waals surface area contributed by atoms with Crippen molar-refractivity contribution in [2.75, 3.05) is 20.1 Å². The highest BCUT2D eigenvalue weighted by molar-refractivity contribution is 5.04. The van der Waals surface area contributed by atoms with Crippen LogP contribution in [0.4, 0.5) is 0 Å². The second-order valence-electron chi connectivity index (χ2n) is 4.59. The molecule has 1 aromatic rings. The molecule has 0 saturated heterocycles. The van der Waals surface area contributed by atoms with Gasteiger partial charge in [-0.05, 0) is 52.9 Å². The molecule has 0 aliphatic heterocycles. The van der Waals surface area contributed by atoms with E-state index in [4.69, 9.17) is 4.42 Å². The number of hydrogen-bond acceptors (Lipinski definition) is 3. The van der Waals surface area contributed by atoms with Crippen molar-refractivity contribution in [3.63, 3.8) is 0 Å². The van der Waals surface area contributed by atoms with E-state index in [1.165, 1.54) is 24.9 Å². The van der Waals surface area contributed by atoms with E-state index in [9.17, 15) is 0 Å². The maximum absolute atomic E-state index is 5.00. The molecule has 0 fully saturated rings. The Morgan fingerprint density at radius 1 is 1.38 bits per heavy atom. The lowest BCUT2D eigenvalue weighted by Crippen LogP contribution is -2.27. The van der Waals surface area contributed by atoms with Gasteiger partial charge in [0.15, 0.2) is 0 Å². The fourth-order valence-electron chi connectivity index (χ4n) is 1.50. The van der Waals surface area contributed by atoms with Gasteiger partial charge >= 0.3 is 0 Å². The molecular weight excluding hydrogens is 200 g/mol. The summed E-state index contributed by atoms with van der Waals surface area (Å²) in [5.41, 5.74) is 1.22. The lowest BCUT2D eigenvalue weighted by molar-refractivity contribution is 0.268. The molecular formula is C13H24N2O. The van der Waals surface area contributed by atoms with Gasteiger partial charge in [-0.2, -0.15) is 0 Å². The average Bonchev–Trinajstić information content (AvgIpc) is 2.75. The summed E-state index contributed by atoms with van der Waals surface area (Å²) >= 11 is 0. The molecule has 0 aromatic carbocycles. The maximum Gasteiger partial charge on any atom is 0.0947 e. The zero-order valence-electron chi connectivity index (χ0n) is 10.7. The number of hydrogen-bond donors (Lipinski definition) is 1. The van der Waals surface area contributed by atoms with Gasteiger partial charge in [-0.25, -0.2) is 0 Å². The Morgan fingerprint density at radius 3 is 2.81 bits per heavy atom. The van der Waals surface area contributed by atoms with E-state index in [0.29, 0.717) is 6.04 Å². The van der Waals surface area contributed by atoms with Crippen LogP contribution < -0.4 is 5.32 Å². The predicted octanol–water partition coefficient (Wildman–Crippen LogP) is 2.49. The fraction of sp³-hybridized carbons (Fsp3) is 0.692. The first-order chi connectivity index (χ1) is 7.70. The molecule has 0 bridgehead atoms. The molecule has 16 heavy (non-hydrogen) atoms. The van der Waals surface area contributed by atoms with E-state index in [0.717, 1.165) is 13.1 Å². The molecule has 0 atom stereocenters. The van der Waals surface area contributed by atoms with Crippen LogP contribution in [0.1, 0.15) is 32.3 Å². The number of nitrogens with zero attached hydrogens (tertiary/aromatic N) is 1. The van der Waals surface area contributed by atoms with Gasteiger partial charge in [-0.1, -0.05) is 0 Å². The zero-order chi connectivity index (χ0) is 11.8. The summed E-state index contributed by atoms with van der Waals surface area (Å²) in [7, 11) is 2.18. The Bertz CT molecular complexity index is 257. The van der Waals surface area contributed by atoms with Crippen LogP contribution in [0.15, 0.2) is 23.0 Å². The lowest BCUT2D eigenvalue weighted by atomic mass is 10.2. The molecule has 1 heterocycles. The molecule has 0 spiro atoms. The van der Waals surface area contributed by atoms with Gasteiger partial charge in [0, 0.05) is 18.2 Å². The number of furan rings is 1. The minimum Gasteiger partial charge on any atom is -0.472 e. The fourth-order valence-corrected chi connectivity index (χ4v) is 1.50. The van der Waals surface area contributed by atoms with Crippen LogP contribution in [0.3, 0.4) is 0 Å². The quantitative estimate of drug-likeness (QED) is 0.688. The van der Waals surface area contributed by atoms with Crippen molar-refractivity contribution in [3.05, 3.63) is 24.2 Å². The molecule has 1 N–H and O–H groups in total. The van der Waals surface area contributed by atoms with E-state index in [1.54, 1.807) is 12.5 Å². The highest BCUT2D eigenvalue weighted by Crippen LogP contribution is 2.00. The van der Waals surface area contributed by atoms with Crippen molar-refractivity contribution < 1.29 is 4.42 Å². The van der Waals surface area contributed by atoms with E-state index < -0.39 is 0 Å². The van der Waals surface area contributed by atoms with Crippen LogP contribution in [-0.4, -0.2) is 31.1 Å². The Kier molecular flexibility index (Phi) is 6.19. The van der Waals surface area contributed by atoms with Gasteiger partial charge in [0.2, 0.25) is 0 Å². The molecule has 1 rings (SSSR count). The van der Waals surface area contributed by atoms with Gasteiger partial charge < -0.3 is 14.6 Å². The van der Waals surface area contributed by atoms with Crippen LogP contribution in [0.5, 0.6) is 0 Å². The highest BCUT2D eigenvalue weighted by Gasteiger charge is 2.01. The molecule has 92 valence electrons. The van der Waals surface area contributed by atoms with Crippen molar-refractivity contribution >= 4 is 0 Å². The Labute approximate surface area is 98.8 Å². The Hall–Kier alpha value is -0.800. The van der Waals surface area contributed by atoms with E-state index in [-0.39, 0.29) is 0 Å². The molecule has 0 aliphatic carbocycles. The first-order valence-electron chi connectivity index (χ1n) is 6.12. The van der Waals surface area contributed by atoms with Gasteiger partial charge in [-0.15, -0.1) is 0 Å². The van der Waals surface area contributed by atoms with E-state index in [2.05, 4.69) is 31.1 Å². The van der Waals surface area contributed by atoms with Gasteiger partial charge in [0.1, 0.15) is 0 Å². The van der Waals surface area contributed by atoms with Crippen LogP contribution >= 0.6 is 0 Å². The van der Waals surface area contributed by atoms with Crippen LogP contribution in [0.25, 0.3) is 0 Å². The molecule has 3 nitrogen and oxygen atoms in total. The summed E-state index contributed by atoms with van der Waals surface area (Å²) in [5.74, 6) is 0. The molecule has 0 radical (unpaired) electrons. The summed E-state index contributed by atoms with van der Waals surface area (Å²) < 4.78 is 5.00. The molecule has 3 heteroatoms. The first-order valence-corrected chi connectivity index (χ1v) is 6.12. The van der Waals surface area contributed by atoms with Crippen molar-refractivity contribution in [1.82, 2.24) is 10.2 Å². The standard InChI is InChI=1S/C13H24N2O/c1-12(2)15(3)8-5-4-7-14-10-13-6-9-16-11-13/h6,9,11-12,14H,4-5,7-8,10H2,1-3H3.